The molecule has 2 aromatic heterocycles. The normalized spacial score (nSPS) is 10.4. The van der Waals surface area contributed by atoms with E-state index in [0.717, 1.165) is 0 Å². The van der Waals surface area contributed by atoms with E-state index in [1.807, 2.05) is 0 Å². The highest BCUT2D eigenvalue weighted by Crippen LogP contribution is 2.16. The minimum absolute atomic E-state index is 0.0271. The second kappa shape index (κ2) is 2.95. The SMILES string of the molecule is Cc1cc(-c2nc(C(=O)O)no2)no1. The second-order valence-electron chi connectivity index (χ2n) is 2.55. The van der Waals surface area contributed by atoms with E-state index in [-0.39, 0.29) is 5.89 Å². The molecule has 0 saturated carbocycles. The van der Waals surface area contributed by atoms with E-state index >= 15 is 0 Å². The molecule has 72 valence electrons. The van der Waals surface area contributed by atoms with Crippen molar-refractivity contribution >= 4 is 5.97 Å². The molecular weight excluding hydrogens is 190 g/mol. The summed E-state index contributed by atoms with van der Waals surface area (Å²) in [7, 11) is 0. The van der Waals surface area contributed by atoms with Crippen molar-refractivity contribution in [3.8, 4) is 11.6 Å². The Morgan fingerprint density at radius 1 is 1.43 bits per heavy atom. The molecule has 0 aliphatic carbocycles. The average molecular weight is 195 g/mol. The van der Waals surface area contributed by atoms with E-state index in [1.165, 1.54) is 0 Å². The molecule has 0 saturated heterocycles. The first kappa shape index (κ1) is 8.42. The molecule has 0 unspecified atom stereocenters. The number of carboxylic acids is 1. The van der Waals surface area contributed by atoms with Crippen LogP contribution in [0.15, 0.2) is 15.1 Å². The Kier molecular flexibility index (Phi) is 1.77. The maximum absolute atomic E-state index is 10.4. The molecule has 0 aromatic carbocycles. The number of aromatic nitrogens is 3. The van der Waals surface area contributed by atoms with E-state index in [0.29, 0.717) is 11.5 Å². The highest BCUT2D eigenvalue weighted by atomic mass is 16.5. The van der Waals surface area contributed by atoms with E-state index in [4.69, 9.17) is 9.63 Å². The van der Waals surface area contributed by atoms with Crippen LogP contribution in [0.5, 0.6) is 0 Å². The zero-order valence-corrected chi connectivity index (χ0v) is 7.09. The number of rotatable bonds is 2. The Balaban J connectivity index is 2.38. The smallest absolute Gasteiger partial charge is 0.377 e. The average Bonchev–Trinajstić information content (AvgIpc) is 2.70. The summed E-state index contributed by atoms with van der Waals surface area (Å²) in [5.41, 5.74) is 0.322. The predicted molar refractivity (Wildman–Crippen MR) is 41.5 cm³/mol. The van der Waals surface area contributed by atoms with Gasteiger partial charge in [-0.05, 0) is 12.1 Å². The monoisotopic (exact) mass is 195 g/mol. The fourth-order valence-electron chi connectivity index (χ4n) is 0.882. The summed E-state index contributed by atoms with van der Waals surface area (Å²) in [6, 6.07) is 1.57. The van der Waals surface area contributed by atoms with E-state index in [9.17, 15) is 4.79 Å². The van der Waals surface area contributed by atoms with Gasteiger partial charge in [0.05, 0.1) is 0 Å². The number of carboxylic acid groups (broad SMARTS) is 1. The van der Waals surface area contributed by atoms with Crippen molar-refractivity contribution in [3.63, 3.8) is 0 Å². The lowest BCUT2D eigenvalue weighted by Gasteiger charge is -1.79. The summed E-state index contributed by atoms with van der Waals surface area (Å²) in [5.74, 6) is -1.05. The van der Waals surface area contributed by atoms with Crippen molar-refractivity contribution in [2.45, 2.75) is 6.92 Å². The Labute approximate surface area is 77.3 Å². The van der Waals surface area contributed by atoms with Crippen LogP contribution in [-0.4, -0.2) is 26.4 Å². The summed E-state index contributed by atoms with van der Waals surface area (Å²) in [5, 5.41) is 15.3. The van der Waals surface area contributed by atoms with Gasteiger partial charge in [0.25, 0.3) is 11.7 Å². The van der Waals surface area contributed by atoms with E-state index < -0.39 is 11.8 Å². The standard InChI is InChI=1S/C7H5N3O4/c1-3-2-4(9-13-3)6-8-5(7(11)12)10-14-6/h2H,1H3,(H,11,12). The van der Waals surface area contributed by atoms with Gasteiger partial charge in [0.15, 0.2) is 5.69 Å². The quantitative estimate of drug-likeness (QED) is 0.753. The summed E-state index contributed by atoms with van der Waals surface area (Å²) < 4.78 is 9.42. The molecule has 2 aromatic rings. The minimum Gasteiger partial charge on any atom is -0.475 e. The molecule has 0 bridgehead atoms. The Morgan fingerprint density at radius 2 is 2.21 bits per heavy atom. The summed E-state index contributed by atoms with van der Waals surface area (Å²) in [6.45, 7) is 1.70. The lowest BCUT2D eigenvalue weighted by atomic mass is 10.4. The molecule has 0 fully saturated rings. The van der Waals surface area contributed by atoms with Crippen LogP contribution in [0.3, 0.4) is 0 Å². The van der Waals surface area contributed by atoms with Crippen LogP contribution in [0.2, 0.25) is 0 Å². The molecule has 1 N–H and O–H groups in total. The fourth-order valence-corrected chi connectivity index (χ4v) is 0.882. The van der Waals surface area contributed by atoms with Crippen LogP contribution in [0, 0.1) is 6.92 Å². The van der Waals surface area contributed by atoms with E-state index in [1.54, 1.807) is 13.0 Å². The molecule has 0 amide bonds. The molecule has 0 spiro atoms. The molecule has 2 rings (SSSR count). The number of aryl methyl sites for hydroxylation is 1. The Bertz CT molecular complexity index is 473. The maximum Gasteiger partial charge on any atom is 0.377 e. The molecule has 0 radical (unpaired) electrons. The first-order valence-electron chi connectivity index (χ1n) is 3.67. The van der Waals surface area contributed by atoms with Crippen molar-refractivity contribution in [1.82, 2.24) is 15.3 Å². The largest absolute Gasteiger partial charge is 0.475 e. The predicted octanol–water partition coefficient (Wildman–Crippen LogP) is 0.731. The number of aromatic carboxylic acids is 1. The van der Waals surface area contributed by atoms with Gasteiger partial charge in [0.2, 0.25) is 0 Å². The molecule has 7 heteroatoms. The Morgan fingerprint density at radius 3 is 2.71 bits per heavy atom. The highest BCUT2D eigenvalue weighted by molar-refractivity contribution is 5.83. The summed E-state index contributed by atoms with van der Waals surface area (Å²) in [4.78, 5) is 14.0. The maximum atomic E-state index is 10.4. The van der Waals surface area contributed by atoms with Crippen molar-refractivity contribution in [3.05, 3.63) is 17.7 Å². The van der Waals surface area contributed by atoms with Crippen LogP contribution in [0.1, 0.15) is 16.4 Å². The van der Waals surface area contributed by atoms with Gasteiger partial charge in [-0.1, -0.05) is 5.16 Å². The van der Waals surface area contributed by atoms with Crippen LogP contribution in [0.4, 0.5) is 0 Å². The van der Waals surface area contributed by atoms with Gasteiger partial charge in [-0.25, -0.2) is 4.79 Å². The molecule has 0 aliphatic heterocycles. The van der Waals surface area contributed by atoms with Crippen LogP contribution < -0.4 is 0 Å². The topological polar surface area (TPSA) is 102 Å². The first-order chi connectivity index (χ1) is 6.66. The molecular formula is C7H5N3O4. The van der Waals surface area contributed by atoms with Gasteiger partial charge in [-0.3, -0.25) is 0 Å². The second-order valence-corrected chi connectivity index (χ2v) is 2.55. The molecule has 14 heavy (non-hydrogen) atoms. The summed E-state index contributed by atoms with van der Waals surface area (Å²) in [6.07, 6.45) is 0. The third-order valence-electron chi connectivity index (χ3n) is 1.46. The Hall–Kier alpha value is -2.18. The zero-order valence-electron chi connectivity index (χ0n) is 7.09. The third kappa shape index (κ3) is 1.35. The van der Waals surface area contributed by atoms with Gasteiger partial charge in [-0.15, -0.1) is 0 Å². The first-order valence-corrected chi connectivity index (χ1v) is 3.67. The number of nitrogens with zero attached hydrogens (tertiary/aromatic N) is 3. The van der Waals surface area contributed by atoms with Gasteiger partial charge in [0.1, 0.15) is 5.76 Å². The number of hydrogen-bond acceptors (Lipinski definition) is 6. The highest BCUT2D eigenvalue weighted by Gasteiger charge is 2.16. The molecule has 2 heterocycles. The van der Waals surface area contributed by atoms with Gasteiger partial charge in [-0.2, -0.15) is 4.98 Å². The number of hydrogen-bond donors (Lipinski definition) is 1. The number of carbonyl (C=O) groups is 1. The van der Waals surface area contributed by atoms with Crippen molar-refractivity contribution < 1.29 is 18.9 Å². The molecule has 0 atom stereocenters. The van der Waals surface area contributed by atoms with Gasteiger partial charge >= 0.3 is 5.97 Å². The van der Waals surface area contributed by atoms with Gasteiger partial charge < -0.3 is 14.2 Å². The fraction of sp³-hybridized carbons (Fsp3) is 0.143. The van der Waals surface area contributed by atoms with Crippen LogP contribution >= 0.6 is 0 Å². The van der Waals surface area contributed by atoms with Crippen molar-refractivity contribution in [1.29, 1.82) is 0 Å². The molecule has 7 nitrogen and oxygen atoms in total. The summed E-state index contributed by atoms with van der Waals surface area (Å²) >= 11 is 0. The van der Waals surface area contributed by atoms with E-state index in [2.05, 4.69) is 19.8 Å². The third-order valence-corrected chi connectivity index (χ3v) is 1.46. The van der Waals surface area contributed by atoms with Crippen LogP contribution in [-0.2, 0) is 0 Å². The zero-order chi connectivity index (χ0) is 10.1. The van der Waals surface area contributed by atoms with Crippen molar-refractivity contribution in [2.24, 2.45) is 0 Å². The van der Waals surface area contributed by atoms with Crippen molar-refractivity contribution in [2.75, 3.05) is 0 Å². The molecule has 0 aliphatic rings. The van der Waals surface area contributed by atoms with Crippen LogP contribution in [0.25, 0.3) is 11.6 Å². The van der Waals surface area contributed by atoms with Gasteiger partial charge in [0, 0.05) is 6.07 Å². The lowest BCUT2D eigenvalue weighted by Crippen LogP contribution is -1.98. The minimum atomic E-state index is -1.25. The lowest BCUT2D eigenvalue weighted by molar-refractivity contribution is 0.0680.